The Morgan fingerprint density at radius 2 is 1.74 bits per heavy atom. The summed E-state index contributed by atoms with van der Waals surface area (Å²) in [7, 11) is 3.48. The van der Waals surface area contributed by atoms with Gasteiger partial charge in [-0.25, -0.2) is 9.67 Å². The summed E-state index contributed by atoms with van der Waals surface area (Å²) in [5, 5.41) is 8.54. The van der Waals surface area contributed by atoms with E-state index in [1.165, 1.54) is 11.1 Å². The first-order chi connectivity index (χ1) is 14.6. The van der Waals surface area contributed by atoms with Crippen molar-refractivity contribution in [3.05, 3.63) is 46.1 Å². The Balaban J connectivity index is 1.86. The Morgan fingerprint density at radius 1 is 1.13 bits per heavy atom. The van der Waals surface area contributed by atoms with Crippen LogP contribution in [0.2, 0.25) is 0 Å². The summed E-state index contributed by atoms with van der Waals surface area (Å²) in [6, 6.07) is 6.29. The van der Waals surface area contributed by atoms with Crippen molar-refractivity contribution in [2.24, 2.45) is 7.05 Å². The van der Waals surface area contributed by atoms with Gasteiger partial charge in [-0.3, -0.25) is 4.79 Å². The molecule has 0 spiro atoms. The topological polar surface area (TPSA) is 69.0 Å². The van der Waals surface area contributed by atoms with Crippen molar-refractivity contribution >= 4 is 22.6 Å². The third-order valence-corrected chi connectivity index (χ3v) is 5.96. The number of carbonyl (C=O) groups is 1. The molecule has 2 heterocycles. The second-order valence-corrected chi connectivity index (χ2v) is 8.80. The van der Waals surface area contributed by atoms with Crippen molar-refractivity contribution in [1.82, 2.24) is 14.8 Å². The lowest BCUT2D eigenvalue weighted by atomic mass is 9.92. The average molecular weight is 423 g/mol. The Labute approximate surface area is 185 Å². The van der Waals surface area contributed by atoms with Gasteiger partial charge in [0.05, 0.1) is 12.5 Å². The Bertz CT molecular complexity index is 1090. The zero-order valence-electron chi connectivity index (χ0n) is 20.0. The van der Waals surface area contributed by atoms with Crippen LogP contribution < -0.4 is 10.1 Å². The minimum absolute atomic E-state index is 0.0204. The number of anilines is 1. The number of rotatable bonds is 7. The van der Waals surface area contributed by atoms with Gasteiger partial charge in [-0.1, -0.05) is 45.9 Å². The molecule has 2 aromatic heterocycles. The van der Waals surface area contributed by atoms with E-state index in [-0.39, 0.29) is 5.91 Å². The second kappa shape index (κ2) is 9.08. The highest BCUT2D eigenvalue weighted by atomic mass is 16.5. The van der Waals surface area contributed by atoms with Crippen LogP contribution in [0.15, 0.2) is 18.2 Å². The van der Waals surface area contributed by atoms with Gasteiger partial charge in [-0.05, 0) is 54.4 Å². The highest BCUT2D eigenvalue weighted by Gasteiger charge is 2.20. The van der Waals surface area contributed by atoms with E-state index in [1.54, 1.807) is 11.8 Å². The predicted molar refractivity (Wildman–Crippen MR) is 126 cm³/mol. The molecule has 0 aliphatic heterocycles. The van der Waals surface area contributed by atoms with Gasteiger partial charge in [0.2, 0.25) is 11.8 Å². The SMILES string of the molecule is COc1nn(C)c2nc(C)c(CCC(=O)Nc3c(C(C)C)cccc3C(C)C)c(C)c12. The van der Waals surface area contributed by atoms with E-state index in [1.807, 2.05) is 14.0 Å². The van der Waals surface area contributed by atoms with Gasteiger partial charge in [0, 0.05) is 24.8 Å². The molecule has 0 radical (unpaired) electrons. The zero-order valence-corrected chi connectivity index (χ0v) is 20.0. The number of methoxy groups -OCH3 is 1. The van der Waals surface area contributed by atoms with Crippen molar-refractivity contribution in [3.8, 4) is 5.88 Å². The van der Waals surface area contributed by atoms with Crippen LogP contribution in [-0.4, -0.2) is 27.8 Å². The van der Waals surface area contributed by atoms with Crippen LogP contribution in [0.3, 0.4) is 0 Å². The molecule has 31 heavy (non-hydrogen) atoms. The third-order valence-electron chi connectivity index (χ3n) is 5.96. The van der Waals surface area contributed by atoms with E-state index in [9.17, 15) is 4.79 Å². The summed E-state index contributed by atoms with van der Waals surface area (Å²) in [5.41, 5.74) is 7.20. The van der Waals surface area contributed by atoms with Crippen LogP contribution >= 0.6 is 0 Å². The Morgan fingerprint density at radius 3 is 2.29 bits per heavy atom. The van der Waals surface area contributed by atoms with Gasteiger partial charge in [0.25, 0.3) is 0 Å². The number of hydrogen-bond acceptors (Lipinski definition) is 4. The minimum Gasteiger partial charge on any atom is -0.479 e. The number of para-hydroxylation sites is 1. The summed E-state index contributed by atoms with van der Waals surface area (Å²) in [4.78, 5) is 17.7. The number of pyridine rings is 1. The van der Waals surface area contributed by atoms with Crippen molar-refractivity contribution in [3.63, 3.8) is 0 Å². The number of hydrogen-bond donors (Lipinski definition) is 1. The normalized spacial score (nSPS) is 11.5. The van der Waals surface area contributed by atoms with Crippen molar-refractivity contribution < 1.29 is 9.53 Å². The smallest absolute Gasteiger partial charge is 0.242 e. The highest BCUT2D eigenvalue weighted by molar-refractivity contribution is 5.93. The van der Waals surface area contributed by atoms with Crippen LogP contribution in [-0.2, 0) is 18.3 Å². The maximum atomic E-state index is 13.0. The molecular weight excluding hydrogens is 388 g/mol. The van der Waals surface area contributed by atoms with Crippen molar-refractivity contribution in [1.29, 1.82) is 0 Å². The minimum atomic E-state index is 0.0204. The van der Waals surface area contributed by atoms with E-state index >= 15 is 0 Å². The predicted octanol–water partition coefficient (Wildman–Crippen LogP) is 5.41. The molecule has 0 saturated carbocycles. The lowest BCUT2D eigenvalue weighted by Crippen LogP contribution is -2.17. The molecule has 3 aromatic rings. The lowest BCUT2D eigenvalue weighted by molar-refractivity contribution is -0.116. The molecule has 1 N–H and O–H groups in total. The molecule has 6 heteroatoms. The first-order valence-corrected chi connectivity index (χ1v) is 10.9. The van der Waals surface area contributed by atoms with E-state index in [0.717, 1.165) is 33.5 Å². The largest absolute Gasteiger partial charge is 0.479 e. The molecule has 0 aliphatic carbocycles. The monoisotopic (exact) mass is 422 g/mol. The maximum Gasteiger partial charge on any atom is 0.242 e. The molecule has 1 amide bonds. The number of ether oxygens (including phenoxy) is 1. The van der Waals surface area contributed by atoms with E-state index in [4.69, 9.17) is 9.72 Å². The molecule has 166 valence electrons. The van der Waals surface area contributed by atoms with E-state index < -0.39 is 0 Å². The maximum absolute atomic E-state index is 13.0. The van der Waals surface area contributed by atoms with Crippen LogP contribution in [0, 0.1) is 13.8 Å². The first-order valence-electron chi connectivity index (χ1n) is 10.9. The molecule has 0 saturated heterocycles. The molecule has 0 unspecified atom stereocenters. The second-order valence-electron chi connectivity index (χ2n) is 8.80. The molecule has 0 aliphatic rings. The number of benzene rings is 1. The molecule has 3 rings (SSSR count). The average Bonchev–Trinajstić information content (AvgIpc) is 3.03. The van der Waals surface area contributed by atoms with Crippen LogP contribution in [0.5, 0.6) is 5.88 Å². The fraction of sp³-hybridized carbons (Fsp3) is 0.480. The molecule has 0 bridgehead atoms. The third kappa shape index (κ3) is 4.43. The summed E-state index contributed by atoms with van der Waals surface area (Å²) >= 11 is 0. The zero-order chi connectivity index (χ0) is 22.9. The van der Waals surface area contributed by atoms with E-state index in [0.29, 0.717) is 30.6 Å². The lowest BCUT2D eigenvalue weighted by Gasteiger charge is -2.20. The number of aryl methyl sites for hydroxylation is 3. The summed E-state index contributed by atoms with van der Waals surface area (Å²) in [6.07, 6.45) is 1.01. The molecule has 0 fully saturated rings. The van der Waals surface area contributed by atoms with Crippen molar-refractivity contribution in [2.45, 2.75) is 66.2 Å². The molecule has 6 nitrogen and oxygen atoms in total. The summed E-state index contributed by atoms with van der Waals surface area (Å²) in [5.74, 6) is 1.26. The van der Waals surface area contributed by atoms with Crippen LogP contribution in [0.25, 0.3) is 11.0 Å². The van der Waals surface area contributed by atoms with Gasteiger partial charge in [-0.2, -0.15) is 0 Å². The van der Waals surface area contributed by atoms with Gasteiger partial charge in [0.1, 0.15) is 0 Å². The van der Waals surface area contributed by atoms with Gasteiger partial charge in [-0.15, -0.1) is 5.10 Å². The summed E-state index contributed by atoms with van der Waals surface area (Å²) in [6.45, 7) is 12.7. The fourth-order valence-electron chi connectivity index (χ4n) is 4.24. The standard InChI is InChI=1S/C25H34N4O2/c1-14(2)18-10-9-11-19(15(3)4)23(18)27-21(30)13-12-20-16(5)22-24(26-17(20)6)29(7)28-25(22)31-8/h9-11,14-15H,12-13H2,1-8H3,(H,27,30). The highest BCUT2D eigenvalue weighted by Crippen LogP contribution is 2.33. The quantitative estimate of drug-likeness (QED) is 0.553. The molecular formula is C25H34N4O2. The van der Waals surface area contributed by atoms with Gasteiger partial charge < -0.3 is 10.1 Å². The number of aromatic nitrogens is 3. The number of carbonyl (C=O) groups excluding carboxylic acids is 1. The van der Waals surface area contributed by atoms with Crippen LogP contribution in [0.1, 0.15) is 73.9 Å². The van der Waals surface area contributed by atoms with E-state index in [2.05, 4.69) is 63.2 Å². The fourth-order valence-corrected chi connectivity index (χ4v) is 4.24. The van der Waals surface area contributed by atoms with Crippen molar-refractivity contribution in [2.75, 3.05) is 12.4 Å². The molecule has 0 atom stereocenters. The van der Waals surface area contributed by atoms with Crippen LogP contribution in [0.4, 0.5) is 5.69 Å². The first kappa shape index (κ1) is 22.8. The van der Waals surface area contributed by atoms with Gasteiger partial charge >= 0.3 is 0 Å². The van der Waals surface area contributed by atoms with Gasteiger partial charge in [0.15, 0.2) is 5.65 Å². The number of nitrogens with zero attached hydrogens (tertiary/aromatic N) is 3. The Kier molecular flexibility index (Phi) is 6.68. The number of fused-ring (bicyclic) bond motifs is 1. The molecule has 1 aromatic carbocycles. The number of amides is 1. The Hall–Kier alpha value is -2.89. The number of nitrogens with one attached hydrogen (secondary N) is 1. The summed E-state index contributed by atoms with van der Waals surface area (Å²) < 4.78 is 7.19.